The summed E-state index contributed by atoms with van der Waals surface area (Å²) in [7, 11) is 0. The summed E-state index contributed by atoms with van der Waals surface area (Å²) in [4.78, 5) is 0.475. The fraction of sp³-hybridized carbons (Fsp3) is 0.714. The minimum absolute atomic E-state index is 0.401. The van der Waals surface area contributed by atoms with Gasteiger partial charge in [-0.15, -0.1) is 10.2 Å². The van der Waals surface area contributed by atoms with Gasteiger partial charge in [0.1, 0.15) is 0 Å². The molecule has 1 atom stereocenters. The minimum Gasteiger partial charge on any atom is -0.415 e. The van der Waals surface area contributed by atoms with Crippen molar-refractivity contribution in [2.24, 2.45) is 0 Å². The lowest BCUT2D eigenvalue weighted by Crippen LogP contribution is -2.28. The first-order valence-corrected chi connectivity index (χ1v) is 4.85. The number of rotatable bonds is 1. The molecule has 1 aliphatic heterocycles. The van der Waals surface area contributed by atoms with Gasteiger partial charge in [0.25, 0.3) is 4.80 Å². The second-order valence-corrected chi connectivity index (χ2v) is 3.61. The van der Waals surface area contributed by atoms with Crippen LogP contribution in [0.2, 0.25) is 0 Å². The first kappa shape index (κ1) is 8.19. The van der Waals surface area contributed by atoms with Crippen molar-refractivity contribution in [2.45, 2.75) is 18.8 Å². The molecule has 0 spiro atoms. The van der Waals surface area contributed by atoms with Crippen LogP contribution in [-0.2, 0) is 0 Å². The molecule has 5 heteroatoms. The first-order chi connectivity index (χ1) is 5.86. The second kappa shape index (κ2) is 3.53. The highest BCUT2D eigenvalue weighted by Crippen LogP contribution is 2.22. The molecule has 12 heavy (non-hydrogen) atoms. The molecule has 1 aliphatic rings. The van der Waals surface area contributed by atoms with Crippen LogP contribution in [-0.4, -0.2) is 23.3 Å². The number of hydrogen-bond donors (Lipinski definition) is 1. The van der Waals surface area contributed by atoms with Gasteiger partial charge in [0.05, 0.1) is 0 Å². The Hall–Kier alpha value is -0.420. The molecule has 0 aromatic carbocycles. The minimum atomic E-state index is 0.401. The molecule has 2 rings (SSSR count). The molecule has 2 heterocycles. The Labute approximate surface area is 78.9 Å². The zero-order chi connectivity index (χ0) is 8.39. The molecular formula is C7H10BrN3O. The zero-order valence-electron chi connectivity index (χ0n) is 6.59. The Bertz CT molecular complexity index is 257. The van der Waals surface area contributed by atoms with Crippen molar-refractivity contribution in [1.29, 1.82) is 0 Å². The van der Waals surface area contributed by atoms with Crippen LogP contribution in [0.5, 0.6) is 0 Å². The van der Waals surface area contributed by atoms with Crippen molar-refractivity contribution in [3.8, 4) is 0 Å². The van der Waals surface area contributed by atoms with E-state index in [1.54, 1.807) is 0 Å². The molecule has 0 radical (unpaired) electrons. The van der Waals surface area contributed by atoms with Gasteiger partial charge in [-0.2, -0.15) is 0 Å². The van der Waals surface area contributed by atoms with Gasteiger partial charge in [-0.05, 0) is 19.4 Å². The van der Waals surface area contributed by atoms with Crippen molar-refractivity contribution in [3.63, 3.8) is 0 Å². The maximum atomic E-state index is 5.28. The summed E-state index contributed by atoms with van der Waals surface area (Å²) in [5, 5.41) is 11.0. The largest absolute Gasteiger partial charge is 0.415 e. The lowest BCUT2D eigenvalue weighted by atomic mass is 10.00. The quantitative estimate of drug-likeness (QED) is 0.792. The van der Waals surface area contributed by atoms with E-state index in [4.69, 9.17) is 4.42 Å². The highest BCUT2D eigenvalue weighted by Gasteiger charge is 2.20. The Morgan fingerprint density at radius 1 is 1.50 bits per heavy atom. The van der Waals surface area contributed by atoms with Crippen LogP contribution in [0.4, 0.5) is 0 Å². The van der Waals surface area contributed by atoms with E-state index < -0.39 is 0 Å². The van der Waals surface area contributed by atoms with Gasteiger partial charge in [0, 0.05) is 28.4 Å². The third kappa shape index (κ3) is 1.67. The van der Waals surface area contributed by atoms with Gasteiger partial charge in [-0.3, -0.25) is 0 Å². The molecule has 1 unspecified atom stereocenters. The van der Waals surface area contributed by atoms with E-state index in [-0.39, 0.29) is 0 Å². The van der Waals surface area contributed by atoms with E-state index in [9.17, 15) is 0 Å². The fourth-order valence-corrected chi connectivity index (χ4v) is 1.69. The van der Waals surface area contributed by atoms with E-state index in [1.165, 1.54) is 6.42 Å². The molecule has 1 fully saturated rings. The summed E-state index contributed by atoms with van der Waals surface area (Å²) in [6.45, 7) is 2.06. The molecular weight excluding hydrogens is 222 g/mol. The molecule has 4 nitrogen and oxygen atoms in total. The topological polar surface area (TPSA) is 51.0 Å². The van der Waals surface area contributed by atoms with Gasteiger partial charge < -0.3 is 9.73 Å². The number of nitrogens with zero attached hydrogens (tertiary/aromatic N) is 2. The molecule has 1 aromatic heterocycles. The maximum Gasteiger partial charge on any atom is 0.284 e. The molecule has 0 amide bonds. The Balaban J connectivity index is 2.08. The molecule has 0 saturated carbocycles. The van der Waals surface area contributed by atoms with Crippen LogP contribution in [0.1, 0.15) is 24.7 Å². The fourth-order valence-electron chi connectivity index (χ4n) is 1.44. The summed E-state index contributed by atoms with van der Waals surface area (Å²) in [5.41, 5.74) is 0. The Morgan fingerprint density at radius 2 is 2.42 bits per heavy atom. The van der Waals surface area contributed by atoms with Crippen LogP contribution in [0.15, 0.2) is 9.22 Å². The van der Waals surface area contributed by atoms with E-state index in [2.05, 4.69) is 31.4 Å². The van der Waals surface area contributed by atoms with Gasteiger partial charge in [-0.25, -0.2) is 0 Å². The summed E-state index contributed by atoms with van der Waals surface area (Å²) >= 11 is 3.14. The summed E-state index contributed by atoms with van der Waals surface area (Å²) in [6, 6.07) is 0. The first-order valence-electron chi connectivity index (χ1n) is 4.06. The number of aromatic nitrogens is 2. The second-order valence-electron chi connectivity index (χ2n) is 2.94. The van der Waals surface area contributed by atoms with Gasteiger partial charge >= 0.3 is 0 Å². The van der Waals surface area contributed by atoms with Crippen molar-refractivity contribution in [3.05, 3.63) is 10.7 Å². The summed E-state index contributed by atoms with van der Waals surface area (Å²) < 4.78 is 5.28. The number of halogens is 1. The van der Waals surface area contributed by atoms with Crippen LogP contribution in [0.25, 0.3) is 0 Å². The van der Waals surface area contributed by atoms with Gasteiger partial charge in [0.2, 0.25) is 5.89 Å². The van der Waals surface area contributed by atoms with E-state index >= 15 is 0 Å². The van der Waals surface area contributed by atoms with Crippen molar-refractivity contribution in [2.75, 3.05) is 13.1 Å². The third-order valence-electron chi connectivity index (χ3n) is 2.06. The van der Waals surface area contributed by atoms with Crippen LogP contribution in [0, 0.1) is 0 Å². The maximum absolute atomic E-state index is 5.28. The molecule has 1 saturated heterocycles. The summed E-state index contributed by atoms with van der Waals surface area (Å²) in [6.07, 6.45) is 2.33. The van der Waals surface area contributed by atoms with Crippen LogP contribution >= 0.6 is 15.9 Å². The standard InChI is InChI=1S/C7H10BrN3O/c8-7-11-10-6(12-7)5-2-1-3-9-4-5/h5,9H,1-4H2. The number of piperidine rings is 1. The molecule has 0 aliphatic carbocycles. The Kier molecular flexibility index (Phi) is 2.41. The average molecular weight is 232 g/mol. The number of hydrogen-bond acceptors (Lipinski definition) is 4. The van der Waals surface area contributed by atoms with E-state index in [0.29, 0.717) is 10.7 Å². The predicted octanol–water partition coefficient (Wildman–Crippen LogP) is 1.30. The highest BCUT2D eigenvalue weighted by molar-refractivity contribution is 9.10. The van der Waals surface area contributed by atoms with E-state index in [0.717, 1.165) is 25.4 Å². The van der Waals surface area contributed by atoms with Gasteiger partial charge in [0.15, 0.2) is 0 Å². The zero-order valence-corrected chi connectivity index (χ0v) is 8.17. The highest BCUT2D eigenvalue weighted by atomic mass is 79.9. The van der Waals surface area contributed by atoms with Crippen molar-refractivity contribution in [1.82, 2.24) is 15.5 Å². The lowest BCUT2D eigenvalue weighted by Gasteiger charge is -2.18. The molecule has 1 N–H and O–H groups in total. The lowest BCUT2D eigenvalue weighted by molar-refractivity contribution is 0.369. The number of nitrogens with one attached hydrogen (secondary N) is 1. The summed E-state index contributed by atoms with van der Waals surface area (Å²) in [5.74, 6) is 1.15. The molecule has 1 aromatic rings. The normalized spacial score (nSPS) is 24.2. The van der Waals surface area contributed by atoms with Crippen LogP contribution < -0.4 is 5.32 Å². The molecule has 0 bridgehead atoms. The monoisotopic (exact) mass is 231 g/mol. The SMILES string of the molecule is Brc1nnc(C2CCCNC2)o1. The third-order valence-corrected chi connectivity index (χ3v) is 2.38. The van der Waals surface area contributed by atoms with Gasteiger partial charge in [-0.1, -0.05) is 0 Å². The smallest absolute Gasteiger partial charge is 0.284 e. The van der Waals surface area contributed by atoms with Crippen molar-refractivity contribution < 1.29 is 4.42 Å². The van der Waals surface area contributed by atoms with E-state index in [1.807, 2.05) is 0 Å². The van der Waals surface area contributed by atoms with Crippen molar-refractivity contribution >= 4 is 15.9 Å². The Morgan fingerprint density at radius 3 is 3.00 bits per heavy atom. The average Bonchev–Trinajstić information content (AvgIpc) is 2.54. The predicted molar refractivity (Wildman–Crippen MR) is 46.8 cm³/mol. The van der Waals surface area contributed by atoms with Crippen LogP contribution in [0.3, 0.4) is 0 Å². The molecule has 66 valence electrons.